The molecule has 35 heavy (non-hydrogen) atoms. The maximum absolute atomic E-state index is 13.4. The molecule has 1 heterocycles. The lowest BCUT2D eigenvalue weighted by Crippen LogP contribution is -2.47. The molecule has 4 aromatic rings. The normalized spacial score (nSPS) is 11.6. The van der Waals surface area contributed by atoms with Gasteiger partial charge in [-0.05, 0) is 53.6 Å². The highest BCUT2D eigenvalue weighted by Gasteiger charge is 2.24. The van der Waals surface area contributed by atoms with Crippen molar-refractivity contribution in [1.82, 2.24) is 20.4 Å². The zero-order valence-corrected chi connectivity index (χ0v) is 20.6. The van der Waals surface area contributed by atoms with Gasteiger partial charge in [0.25, 0.3) is 5.91 Å². The van der Waals surface area contributed by atoms with Gasteiger partial charge in [0, 0.05) is 23.5 Å². The fourth-order valence-corrected chi connectivity index (χ4v) is 4.20. The first-order valence-corrected chi connectivity index (χ1v) is 11.9. The van der Waals surface area contributed by atoms with Crippen molar-refractivity contribution in [1.29, 1.82) is 0 Å². The summed E-state index contributed by atoms with van der Waals surface area (Å²) >= 11 is 3.44. The molecule has 0 spiro atoms. The minimum atomic E-state index is -0.781. The Labute approximate surface area is 211 Å². The minimum Gasteiger partial charge on any atom is -0.357 e. The van der Waals surface area contributed by atoms with E-state index in [4.69, 9.17) is 0 Å². The van der Waals surface area contributed by atoms with E-state index in [-0.39, 0.29) is 11.7 Å². The number of benzene rings is 3. The highest BCUT2D eigenvalue weighted by Crippen LogP contribution is 2.21. The number of nitrogens with zero attached hydrogens (tertiary/aromatic N) is 2. The van der Waals surface area contributed by atoms with Gasteiger partial charge in [0.15, 0.2) is 0 Å². The Bertz CT molecular complexity index is 1320. The summed E-state index contributed by atoms with van der Waals surface area (Å²) in [6.45, 7) is 0.362. The Balaban J connectivity index is 1.65. The largest absolute Gasteiger partial charge is 0.357 e. The van der Waals surface area contributed by atoms with Crippen LogP contribution in [0.4, 0.5) is 4.39 Å². The molecule has 3 aromatic carbocycles. The van der Waals surface area contributed by atoms with Crippen LogP contribution in [-0.4, -0.2) is 34.7 Å². The lowest BCUT2D eigenvalue weighted by atomic mass is 10.0. The number of carbonyl (C=O) groups is 2. The van der Waals surface area contributed by atoms with Crippen LogP contribution in [0.1, 0.15) is 21.6 Å². The predicted octanol–water partition coefficient (Wildman–Crippen LogP) is 4.59. The van der Waals surface area contributed by atoms with Gasteiger partial charge < -0.3 is 10.6 Å². The van der Waals surface area contributed by atoms with E-state index in [2.05, 4.69) is 31.7 Å². The van der Waals surface area contributed by atoms with Crippen LogP contribution >= 0.6 is 15.9 Å². The van der Waals surface area contributed by atoms with Gasteiger partial charge in [-0.3, -0.25) is 14.3 Å². The third kappa shape index (κ3) is 6.22. The Hall–Kier alpha value is -3.78. The van der Waals surface area contributed by atoms with E-state index < -0.39 is 11.9 Å². The van der Waals surface area contributed by atoms with Gasteiger partial charge >= 0.3 is 0 Å². The lowest BCUT2D eigenvalue weighted by molar-refractivity contribution is -0.122. The fourth-order valence-electron chi connectivity index (χ4n) is 3.75. The lowest BCUT2D eigenvalue weighted by Gasteiger charge is -2.18. The molecule has 0 aliphatic rings. The summed E-state index contributed by atoms with van der Waals surface area (Å²) in [4.78, 5) is 26.0. The van der Waals surface area contributed by atoms with E-state index in [1.807, 2.05) is 54.6 Å². The van der Waals surface area contributed by atoms with Crippen molar-refractivity contribution < 1.29 is 14.0 Å². The van der Waals surface area contributed by atoms with Gasteiger partial charge in [0.2, 0.25) is 5.91 Å². The third-order valence-corrected chi connectivity index (χ3v) is 6.02. The maximum atomic E-state index is 13.4. The van der Waals surface area contributed by atoms with Crippen molar-refractivity contribution in [3.8, 4) is 11.3 Å². The summed E-state index contributed by atoms with van der Waals surface area (Å²) in [7, 11) is 1.54. The smallest absolute Gasteiger partial charge is 0.270 e. The highest BCUT2D eigenvalue weighted by atomic mass is 79.9. The summed E-state index contributed by atoms with van der Waals surface area (Å²) < 4.78 is 15.9. The zero-order valence-electron chi connectivity index (χ0n) is 19.0. The molecule has 2 N–H and O–H groups in total. The number of amides is 2. The molecule has 0 bridgehead atoms. The minimum absolute atomic E-state index is 0.300. The number of likely N-dealkylation sites (N-methyl/N-ethyl adjacent to an activating group) is 1. The molecule has 1 atom stereocenters. The standard InChI is InChI=1S/C27H24BrFN4O2/c1-30-26(34)24(15-19-8-5-9-21(28)14-19)31-27(35)25-16-23(20-10-12-22(29)13-11-20)32-33(25)17-18-6-3-2-4-7-18/h2-14,16,24H,15,17H2,1H3,(H,30,34)(H,31,35). The molecule has 0 aliphatic heterocycles. The molecule has 0 saturated carbocycles. The second kappa shape index (κ2) is 11.1. The van der Waals surface area contributed by atoms with E-state index in [0.29, 0.717) is 29.9 Å². The van der Waals surface area contributed by atoms with Crippen LogP contribution in [0.5, 0.6) is 0 Å². The quantitative estimate of drug-likeness (QED) is 0.347. The highest BCUT2D eigenvalue weighted by molar-refractivity contribution is 9.10. The van der Waals surface area contributed by atoms with E-state index in [0.717, 1.165) is 15.6 Å². The third-order valence-electron chi connectivity index (χ3n) is 5.52. The first-order chi connectivity index (χ1) is 16.9. The van der Waals surface area contributed by atoms with Crippen molar-refractivity contribution in [2.45, 2.75) is 19.0 Å². The fraction of sp³-hybridized carbons (Fsp3) is 0.148. The van der Waals surface area contributed by atoms with Crippen LogP contribution in [-0.2, 0) is 17.8 Å². The van der Waals surface area contributed by atoms with Crippen LogP contribution < -0.4 is 10.6 Å². The SMILES string of the molecule is CNC(=O)C(Cc1cccc(Br)c1)NC(=O)c1cc(-c2ccc(F)cc2)nn1Cc1ccccc1. The van der Waals surface area contributed by atoms with Crippen molar-refractivity contribution in [3.63, 3.8) is 0 Å². The number of aromatic nitrogens is 2. The van der Waals surface area contributed by atoms with E-state index >= 15 is 0 Å². The van der Waals surface area contributed by atoms with Gasteiger partial charge in [0.1, 0.15) is 17.6 Å². The predicted molar refractivity (Wildman–Crippen MR) is 136 cm³/mol. The molecular weight excluding hydrogens is 511 g/mol. The molecule has 0 saturated heterocycles. The molecule has 0 fully saturated rings. The average molecular weight is 535 g/mol. The molecular formula is C27H24BrFN4O2. The topological polar surface area (TPSA) is 76.0 Å². The first kappa shape index (κ1) is 24.3. The summed E-state index contributed by atoms with van der Waals surface area (Å²) in [5.41, 5.74) is 3.39. The Morgan fingerprint density at radius 2 is 1.69 bits per heavy atom. The van der Waals surface area contributed by atoms with Crippen LogP contribution in [0, 0.1) is 5.82 Å². The first-order valence-electron chi connectivity index (χ1n) is 11.1. The van der Waals surface area contributed by atoms with E-state index in [9.17, 15) is 14.0 Å². The van der Waals surface area contributed by atoms with Crippen LogP contribution in [0.3, 0.4) is 0 Å². The second-order valence-electron chi connectivity index (χ2n) is 8.04. The van der Waals surface area contributed by atoms with Gasteiger partial charge in [-0.2, -0.15) is 5.10 Å². The summed E-state index contributed by atoms with van der Waals surface area (Å²) in [5.74, 6) is -1.08. The Kier molecular flexibility index (Phi) is 7.72. The van der Waals surface area contributed by atoms with Gasteiger partial charge in [-0.25, -0.2) is 4.39 Å². The van der Waals surface area contributed by atoms with Gasteiger partial charge in [-0.15, -0.1) is 0 Å². The number of carbonyl (C=O) groups excluding carboxylic acids is 2. The molecule has 0 aliphatic carbocycles. The molecule has 1 unspecified atom stereocenters. The number of halogens is 2. The van der Waals surface area contributed by atoms with E-state index in [1.165, 1.54) is 19.2 Å². The molecule has 4 rings (SSSR count). The van der Waals surface area contributed by atoms with E-state index in [1.54, 1.807) is 22.9 Å². The Morgan fingerprint density at radius 3 is 2.37 bits per heavy atom. The van der Waals surface area contributed by atoms with Crippen molar-refractivity contribution in [2.75, 3.05) is 7.05 Å². The molecule has 2 amide bonds. The summed E-state index contributed by atoms with van der Waals surface area (Å²) in [6, 6.07) is 24.0. The molecule has 8 heteroatoms. The summed E-state index contributed by atoms with van der Waals surface area (Å²) in [5, 5.41) is 10.1. The summed E-state index contributed by atoms with van der Waals surface area (Å²) in [6.07, 6.45) is 0.322. The zero-order chi connectivity index (χ0) is 24.8. The number of nitrogens with one attached hydrogen (secondary N) is 2. The van der Waals surface area contributed by atoms with Crippen LogP contribution in [0.2, 0.25) is 0 Å². The van der Waals surface area contributed by atoms with Crippen molar-refractivity contribution >= 4 is 27.7 Å². The molecule has 178 valence electrons. The maximum Gasteiger partial charge on any atom is 0.270 e. The molecule has 1 aromatic heterocycles. The molecule has 0 radical (unpaired) electrons. The van der Waals surface area contributed by atoms with Crippen molar-refractivity contribution in [3.05, 3.63) is 112 Å². The van der Waals surface area contributed by atoms with Gasteiger partial charge in [0.05, 0.1) is 12.2 Å². The Morgan fingerprint density at radius 1 is 0.971 bits per heavy atom. The van der Waals surface area contributed by atoms with Crippen molar-refractivity contribution in [2.24, 2.45) is 0 Å². The van der Waals surface area contributed by atoms with Gasteiger partial charge in [-0.1, -0.05) is 58.4 Å². The number of hydrogen-bond donors (Lipinski definition) is 2. The second-order valence-corrected chi connectivity index (χ2v) is 8.95. The van der Waals surface area contributed by atoms with Crippen LogP contribution in [0.15, 0.2) is 89.4 Å². The number of hydrogen-bond acceptors (Lipinski definition) is 3. The number of rotatable bonds is 8. The average Bonchev–Trinajstić information content (AvgIpc) is 3.28. The monoisotopic (exact) mass is 534 g/mol. The van der Waals surface area contributed by atoms with Crippen LogP contribution in [0.25, 0.3) is 11.3 Å². The molecule has 6 nitrogen and oxygen atoms in total.